The first-order valence-electron chi connectivity index (χ1n) is 8.62. The Labute approximate surface area is 164 Å². The van der Waals surface area contributed by atoms with Crippen molar-refractivity contribution >= 4 is 26.7 Å². The first-order valence-corrected chi connectivity index (χ1v) is 10.1. The molecule has 0 spiro atoms. The van der Waals surface area contributed by atoms with Crippen molar-refractivity contribution in [2.45, 2.75) is 11.8 Å². The van der Waals surface area contributed by atoms with Gasteiger partial charge in [-0.1, -0.05) is 11.6 Å². The van der Waals surface area contributed by atoms with Gasteiger partial charge in [-0.05, 0) is 49.4 Å². The van der Waals surface area contributed by atoms with Gasteiger partial charge in [-0.25, -0.2) is 18.1 Å². The fourth-order valence-corrected chi connectivity index (χ4v) is 3.75. The van der Waals surface area contributed by atoms with E-state index in [0.29, 0.717) is 17.1 Å². The summed E-state index contributed by atoms with van der Waals surface area (Å²) in [6.45, 7) is 2.41. The summed E-state index contributed by atoms with van der Waals surface area (Å²) in [7, 11) is -2.11. The Kier molecular flexibility index (Phi) is 5.78. The summed E-state index contributed by atoms with van der Waals surface area (Å²) < 4.78 is 32.2. The van der Waals surface area contributed by atoms with E-state index in [1.54, 1.807) is 18.2 Å². The zero-order chi connectivity index (χ0) is 20.1. The van der Waals surface area contributed by atoms with E-state index in [1.165, 1.54) is 19.2 Å². The minimum atomic E-state index is -3.63. The van der Waals surface area contributed by atoms with Gasteiger partial charge in [0.1, 0.15) is 17.6 Å². The SMILES string of the molecule is COc1ccc(S(=O)(=O)NCCNc2nc3ccc(C)cc3cc2C#N)cc1. The van der Waals surface area contributed by atoms with Gasteiger partial charge in [0.25, 0.3) is 0 Å². The van der Waals surface area contributed by atoms with E-state index in [1.807, 2.05) is 25.1 Å². The highest BCUT2D eigenvalue weighted by atomic mass is 32.2. The van der Waals surface area contributed by atoms with Crippen LogP contribution in [0.2, 0.25) is 0 Å². The Balaban J connectivity index is 1.66. The molecule has 0 amide bonds. The number of pyridine rings is 1. The summed E-state index contributed by atoms with van der Waals surface area (Å²) in [6.07, 6.45) is 0. The number of rotatable bonds is 7. The van der Waals surface area contributed by atoms with Crippen molar-refractivity contribution in [3.05, 3.63) is 59.7 Å². The molecule has 0 fully saturated rings. The van der Waals surface area contributed by atoms with Gasteiger partial charge in [0.2, 0.25) is 10.0 Å². The third-order valence-corrected chi connectivity index (χ3v) is 5.65. The second kappa shape index (κ2) is 8.25. The lowest BCUT2D eigenvalue weighted by Gasteiger charge is -2.11. The number of nitriles is 1. The highest BCUT2D eigenvalue weighted by Gasteiger charge is 2.13. The van der Waals surface area contributed by atoms with Crippen molar-refractivity contribution in [3.8, 4) is 11.8 Å². The number of aromatic nitrogens is 1. The Morgan fingerprint density at radius 2 is 1.86 bits per heavy atom. The Morgan fingerprint density at radius 3 is 2.54 bits per heavy atom. The van der Waals surface area contributed by atoms with Crippen LogP contribution in [0.25, 0.3) is 10.9 Å². The van der Waals surface area contributed by atoms with Crippen molar-refractivity contribution in [2.75, 3.05) is 25.5 Å². The van der Waals surface area contributed by atoms with Crippen molar-refractivity contribution in [1.82, 2.24) is 9.71 Å². The summed E-state index contributed by atoms with van der Waals surface area (Å²) >= 11 is 0. The number of hydrogen-bond donors (Lipinski definition) is 2. The number of nitrogens with zero attached hydrogens (tertiary/aromatic N) is 2. The van der Waals surface area contributed by atoms with Gasteiger partial charge >= 0.3 is 0 Å². The molecule has 3 rings (SSSR count). The quantitative estimate of drug-likeness (QED) is 0.595. The molecule has 7 nitrogen and oxygen atoms in total. The van der Waals surface area contributed by atoms with E-state index >= 15 is 0 Å². The van der Waals surface area contributed by atoms with Crippen LogP contribution in [0.5, 0.6) is 5.75 Å². The van der Waals surface area contributed by atoms with E-state index in [2.05, 4.69) is 21.1 Å². The molecule has 28 heavy (non-hydrogen) atoms. The minimum Gasteiger partial charge on any atom is -0.497 e. The summed E-state index contributed by atoms with van der Waals surface area (Å²) in [5, 5.41) is 13.3. The summed E-state index contributed by atoms with van der Waals surface area (Å²) in [5.74, 6) is 1.02. The number of benzene rings is 2. The molecule has 0 atom stereocenters. The van der Waals surface area contributed by atoms with E-state index in [9.17, 15) is 13.7 Å². The molecular formula is C20H20N4O3S. The van der Waals surface area contributed by atoms with Crippen LogP contribution in [0.3, 0.4) is 0 Å². The van der Waals surface area contributed by atoms with Crippen molar-refractivity contribution in [1.29, 1.82) is 5.26 Å². The van der Waals surface area contributed by atoms with Crippen molar-refractivity contribution in [2.24, 2.45) is 0 Å². The van der Waals surface area contributed by atoms with Crippen LogP contribution in [0.1, 0.15) is 11.1 Å². The molecule has 0 aliphatic rings. The molecule has 0 aliphatic heterocycles. The number of hydrogen-bond acceptors (Lipinski definition) is 6. The monoisotopic (exact) mass is 396 g/mol. The molecule has 1 aromatic heterocycles. The van der Waals surface area contributed by atoms with Crippen LogP contribution >= 0.6 is 0 Å². The molecule has 0 saturated heterocycles. The van der Waals surface area contributed by atoms with Gasteiger partial charge in [-0.2, -0.15) is 5.26 Å². The van der Waals surface area contributed by atoms with Gasteiger partial charge in [-0.3, -0.25) is 0 Å². The van der Waals surface area contributed by atoms with Gasteiger partial charge in [-0.15, -0.1) is 0 Å². The van der Waals surface area contributed by atoms with E-state index in [4.69, 9.17) is 4.74 Å². The molecule has 0 bridgehead atoms. The Bertz CT molecular complexity index is 1140. The Morgan fingerprint density at radius 1 is 1.11 bits per heavy atom. The fourth-order valence-electron chi connectivity index (χ4n) is 2.72. The van der Waals surface area contributed by atoms with Crippen LogP contribution in [-0.4, -0.2) is 33.6 Å². The summed E-state index contributed by atoms with van der Waals surface area (Å²) in [6, 6.07) is 15.9. The zero-order valence-corrected chi connectivity index (χ0v) is 16.4. The van der Waals surface area contributed by atoms with Crippen LogP contribution in [-0.2, 0) is 10.0 Å². The van der Waals surface area contributed by atoms with Crippen LogP contribution in [0.4, 0.5) is 5.82 Å². The van der Waals surface area contributed by atoms with Crippen LogP contribution in [0.15, 0.2) is 53.4 Å². The second-order valence-corrected chi connectivity index (χ2v) is 7.96. The standard InChI is InChI=1S/C20H20N4O3S/c1-14-3-8-19-15(11-14)12-16(13-21)20(24-19)22-9-10-23-28(25,26)18-6-4-17(27-2)5-7-18/h3-8,11-12,23H,9-10H2,1-2H3,(H,22,24). The van der Waals surface area contributed by atoms with Gasteiger partial charge < -0.3 is 10.1 Å². The summed E-state index contributed by atoms with van der Waals surface area (Å²) in [4.78, 5) is 4.63. The molecule has 2 N–H and O–H groups in total. The number of fused-ring (bicyclic) bond motifs is 1. The number of methoxy groups -OCH3 is 1. The molecule has 8 heteroatoms. The lowest BCUT2D eigenvalue weighted by atomic mass is 10.1. The van der Waals surface area contributed by atoms with Crippen LogP contribution in [0, 0.1) is 18.3 Å². The third-order valence-electron chi connectivity index (χ3n) is 4.17. The first-order chi connectivity index (χ1) is 13.4. The largest absolute Gasteiger partial charge is 0.497 e. The zero-order valence-electron chi connectivity index (χ0n) is 15.6. The number of ether oxygens (including phenoxy) is 1. The van der Waals surface area contributed by atoms with Crippen molar-refractivity contribution < 1.29 is 13.2 Å². The molecule has 2 aromatic carbocycles. The molecule has 0 saturated carbocycles. The molecule has 144 valence electrons. The molecule has 3 aromatic rings. The van der Waals surface area contributed by atoms with Gasteiger partial charge in [0, 0.05) is 18.5 Å². The number of sulfonamides is 1. The maximum atomic E-state index is 12.3. The van der Waals surface area contributed by atoms with Gasteiger partial charge in [0.05, 0.1) is 23.1 Å². The lowest BCUT2D eigenvalue weighted by molar-refractivity contribution is 0.414. The van der Waals surface area contributed by atoms with E-state index in [0.717, 1.165) is 16.5 Å². The first kappa shape index (κ1) is 19.6. The average molecular weight is 396 g/mol. The van der Waals surface area contributed by atoms with E-state index in [-0.39, 0.29) is 18.0 Å². The minimum absolute atomic E-state index is 0.146. The third kappa shape index (κ3) is 4.39. The topological polar surface area (TPSA) is 104 Å². The molecular weight excluding hydrogens is 376 g/mol. The maximum absolute atomic E-state index is 12.3. The highest BCUT2D eigenvalue weighted by Crippen LogP contribution is 2.21. The Hall–Kier alpha value is -3.15. The van der Waals surface area contributed by atoms with Crippen molar-refractivity contribution in [3.63, 3.8) is 0 Å². The van der Waals surface area contributed by atoms with Crippen LogP contribution < -0.4 is 14.8 Å². The number of aryl methyl sites for hydroxylation is 1. The van der Waals surface area contributed by atoms with E-state index < -0.39 is 10.0 Å². The molecule has 1 heterocycles. The van der Waals surface area contributed by atoms with Gasteiger partial charge in [0.15, 0.2) is 0 Å². The predicted octanol–water partition coefficient (Wildman–Crippen LogP) is 2.81. The summed E-state index contributed by atoms with van der Waals surface area (Å²) in [5.41, 5.74) is 2.27. The smallest absolute Gasteiger partial charge is 0.240 e. The molecule has 0 unspecified atom stereocenters. The number of anilines is 1. The highest BCUT2D eigenvalue weighted by molar-refractivity contribution is 7.89. The average Bonchev–Trinajstić information content (AvgIpc) is 2.70. The molecule has 0 radical (unpaired) electrons. The molecule has 0 aliphatic carbocycles. The second-order valence-electron chi connectivity index (χ2n) is 6.19. The normalized spacial score (nSPS) is 11.2. The lowest BCUT2D eigenvalue weighted by Crippen LogP contribution is -2.29. The maximum Gasteiger partial charge on any atom is 0.240 e. The fraction of sp³-hybridized carbons (Fsp3) is 0.200. The number of nitrogens with one attached hydrogen (secondary N) is 2. The predicted molar refractivity (Wildman–Crippen MR) is 108 cm³/mol.